The van der Waals surface area contributed by atoms with E-state index in [9.17, 15) is 8.42 Å². The lowest BCUT2D eigenvalue weighted by molar-refractivity contribution is 0.174. The Morgan fingerprint density at radius 3 is 2.79 bits per heavy atom. The van der Waals surface area contributed by atoms with Gasteiger partial charge in [0.2, 0.25) is 16.8 Å². The van der Waals surface area contributed by atoms with Gasteiger partial charge in [0.1, 0.15) is 5.25 Å². The molecule has 0 fully saturated rings. The van der Waals surface area contributed by atoms with Crippen LogP contribution in [0.3, 0.4) is 0 Å². The number of fused-ring (bicyclic) bond motifs is 1. The van der Waals surface area contributed by atoms with Crippen molar-refractivity contribution in [2.45, 2.75) is 18.6 Å². The Bertz CT molecular complexity index is 601. The first-order valence-corrected chi connectivity index (χ1v) is 7.60. The maximum absolute atomic E-state index is 12.1. The molecule has 0 spiro atoms. The van der Waals surface area contributed by atoms with E-state index in [4.69, 9.17) is 27.4 Å². The van der Waals surface area contributed by atoms with Gasteiger partial charge in [0.05, 0.1) is 10.7 Å². The Kier molecular flexibility index (Phi) is 3.81. The summed E-state index contributed by atoms with van der Waals surface area (Å²) in [5, 5.41) is -0.895. The Balaban J connectivity index is 2.23. The zero-order chi connectivity index (χ0) is 14.0. The van der Waals surface area contributed by atoms with Crippen molar-refractivity contribution >= 4 is 32.9 Å². The van der Waals surface area contributed by atoms with Gasteiger partial charge in [-0.15, -0.1) is 0 Å². The minimum absolute atomic E-state index is 0.0456. The van der Waals surface area contributed by atoms with Crippen LogP contribution in [0.15, 0.2) is 18.2 Å². The third-order valence-corrected chi connectivity index (χ3v) is 4.99. The van der Waals surface area contributed by atoms with E-state index in [1.165, 1.54) is 0 Å². The second kappa shape index (κ2) is 5.22. The number of ether oxygens (including phenoxy) is 2. The Morgan fingerprint density at radius 2 is 2.16 bits per heavy atom. The Hall–Kier alpha value is -1.54. The van der Waals surface area contributed by atoms with Crippen molar-refractivity contribution in [1.29, 1.82) is 0 Å². The lowest BCUT2D eigenvalue weighted by Gasteiger charge is -2.16. The molecule has 3 N–H and O–H groups in total. The zero-order valence-electron chi connectivity index (χ0n) is 10.3. The predicted molar refractivity (Wildman–Crippen MR) is 76.0 cm³/mol. The van der Waals surface area contributed by atoms with Crippen molar-refractivity contribution in [3.05, 3.63) is 18.2 Å². The minimum atomic E-state index is -3.65. The molecule has 0 aliphatic carbocycles. The largest absolute Gasteiger partial charge is 0.454 e. The van der Waals surface area contributed by atoms with Gasteiger partial charge in [-0.05, 0) is 18.6 Å². The van der Waals surface area contributed by atoms with Crippen LogP contribution in [0.25, 0.3) is 0 Å². The molecule has 1 unspecified atom stereocenters. The average molecular weight is 302 g/mol. The normalized spacial score (nSPS) is 15.0. The van der Waals surface area contributed by atoms with Crippen molar-refractivity contribution in [2.75, 3.05) is 11.5 Å². The van der Waals surface area contributed by atoms with Gasteiger partial charge in [0.15, 0.2) is 11.5 Å². The first-order valence-electron chi connectivity index (χ1n) is 5.64. The highest BCUT2D eigenvalue weighted by atomic mass is 32.2. The molecule has 1 heterocycles. The third kappa shape index (κ3) is 2.90. The number of anilines is 1. The molecule has 1 aliphatic heterocycles. The van der Waals surface area contributed by atoms with E-state index >= 15 is 0 Å². The average Bonchev–Trinajstić information content (AvgIpc) is 2.75. The van der Waals surface area contributed by atoms with Crippen LogP contribution >= 0.6 is 12.2 Å². The topological polar surface area (TPSA) is 90.7 Å². The van der Waals surface area contributed by atoms with E-state index in [2.05, 4.69) is 4.72 Å². The van der Waals surface area contributed by atoms with Crippen LogP contribution in [0, 0.1) is 0 Å². The fourth-order valence-electron chi connectivity index (χ4n) is 1.77. The summed E-state index contributed by atoms with van der Waals surface area (Å²) >= 11 is 4.77. The number of sulfonamides is 1. The predicted octanol–water partition coefficient (Wildman–Crippen LogP) is 1.22. The smallest absolute Gasteiger partial charge is 0.242 e. The van der Waals surface area contributed by atoms with E-state index in [-0.39, 0.29) is 11.8 Å². The Morgan fingerprint density at radius 1 is 1.47 bits per heavy atom. The number of rotatable bonds is 5. The summed E-state index contributed by atoms with van der Waals surface area (Å²) in [5.41, 5.74) is 5.83. The van der Waals surface area contributed by atoms with Gasteiger partial charge in [-0.2, -0.15) is 0 Å². The van der Waals surface area contributed by atoms with Crippen LogP contribution in [-0.4, -0.2) is 25.4 Å². The lowest BCUT2D eigenvalue weighted by atomic mass is 10.3. The second-order valence-electron chi connectivity index (χ2n) is 4.01. The van der Waals surface area contributed by atoms with Gasteiger partial charge in [0, 0.05) is 6.07 Å². The third-order valence-electron chi connectivity index (χ3n) is 2.70. The molecule has 1 atom stereocenters. The highest BCUT2D eigenvalue weighted by Crippen LogP contribution is 2.34. The van der Waals surface area contributed by atoms with E-state index in [0.717, 1.165) is 0 Å². The number of nitrogens with two attached hydrogens (primary N) is 1. The van der Waals surface area contributed by atoms with Crippen molar-refractivity contribution in [1.82, 2.24) is 0 Å². The molecular formula is C11H14N2O4S2. The maximum Gasteiger partial charge on any atom is 0.242 e. The number of thiocarbonyl (C=S) groups is 1. The maximum atomic E-state index is 12.1. The highest BCUT2D eigenvalue weighted by molar-refractivity contribution is 7.95. The van der Waals surface area contributed by atoms with Gasteiger partial charge >= 0.3 is 0 Å². The summed E-state index contributed by atoms with van der Waals surface area (Å²) in [4.78, 5) is -0.0456. The molecule has 19 heavy (non-hydrogen) atoms. The molecule has 1 aliphatic rings. The molecule has 0 saturated heterocycles. The fraction of sp³-hybridized carbons (Fsp3) is 0.364. The summed E-state index contributed by atoms with van der Waals surface area (Å²) in [6, 6.07) is 4.80. The molecule has 0 saturated carbocycles. The summed E-state index contributed by atoms with van der Waals surface area (Å²) in [5.74, 6) is 1.09. The highest BCUT2D eigenvalue weighted by Gasteiger charge is 2.27. The van der Waals surface area contributed by atoms with Gasteiger partial charge < -0.3 is 15.2 Å². The fourth-order valence-corrected chi connectivity index (χ4v) is 3.66. The second-order valence-corrected chi connectivity index (χ2v) is 6.35. The quantitative estimate of drug-likeness (QED) is 0.795. The summed E-state index contributed by atoms with van der Waals surface area (Å²) < 4.78 is 37.0. The first kappa shape index (κ1) is 13.9. The molecule has 1 aromatic rings. The van der Waals surface area contributed by atoms with Crippen molar-refractivity contribution in [3.8, 4) is 11.5 Å². The number of hydrogen-bond donors (Lipinski definition) is 2. The molecule has 0 radical (unpaired) electrons. The summed E-state index contributed by atoms with van der Waals surface area (Å²) in [6.07, 6.45) is 0.315. The minimum Gasteiger partial charge on any atom is -0.454 e. The molecule has 104 valence electrons. The zero-order valence-corrected chi connectivity index (χ0v) is 11.9. The van der Waals surface area contributed by atoms with E-state index in [1.807, 2.05) is 0 Å². The number of nitrogens with one attached hydrogen (secondary N) is 1. The van der Waals surface area contributed by atoms with Gasteiger partial charge in [-0.3, -0.25) is 4.72 Å². The van der Waals surface area contributed by atoms with Crippen LogP contribution in [0.2, 0.25) is 0 Å². The van der Waals surface area contributed by atoms with Crippen molar-refractivity contribution in [2.24, 2.45) is 5.73 Å². The molecule has 1 aromatic carbocycles. The standard InChI is InChI=1S/C11H14N2O4S2/c1-2-10(11(12)18)19(14,15)13-7-3-4-8-9(5-7)17-6-16-8/h3-5,10,13H,2,6H2,1H3,(H2,12,18). The summed E-state index contributed by atoms with van der Waals surface area (Å²) in [7, 11) is -3.65. The molecule has 2 rings (SSSR count). The van der Waals surface area contributed by atoms with E-state index in [1.54, 1.807) is 25.1 Å². The van der Waals surface area contributed by atoms with Gasteiger partial charge in [-0.1, -0.05) is 19.1 Å². The first-order chi connectivity index (χ1) is 8.94. The number of benzene rings is 1. The molecule has 0 bridgehead atoms. The number of hydrogen-bond acceptors (Lipinski definition) is 5. The van der Waals surface area contributed by atoms with Crippen LogP contribution in [-0.2, 0) is 10.0 Å². The molecule has 0 amide bonds. The monoisotopic (exact) mass is 302 g/mol. The van der Waals surface area contributed by atoms with E-state index in [0.29, 0.717) is 23.6 Å². The van der Waals surface area contributed by atoms with E-state index < -0.39 is 15.3 Å². The molecular weight excluding hydrogens is 288 g/mol. The summed E-state index contributed by atoms with van der Waals surface area (Å²) in [6.45, 7) is 1.85. The van der Waals surface area contributed by atoms with Crippen molar-refractivity contribution in [3.63, 3.8) is 0 Å². The van der Waals surface area contributed by atoms with Crippen molar-refractivity contribution < 1.29 is 17.9 Å². The molecule has 0 aromatic heterocycles. The van der Waals surface area contributed by atoms with Gasteiger partial charge in [-0.25, -0.2) is 8.42 Å². The SMILES string of the molecule is CCC(C(N)=S)S(=O)(=O)Nc1ccc2c(c1)OCO2. The van der Waals surface area contributed by atoms with Crippen LogP contribution < -0.4 is 19.9 Å². The van der Waals surface area contributed by atoms with Gasteiger partial charge in [0.25, 0.3) is 0 Å². The van der Waals surface area contributed by atoms with Crippen LogP contribution in [0.5, 0.6) is 11.5 Å². The Labute approximate surface area is 116 Å². The molecule has 6 nitrogen and oxygen atoms in total. The van der Waals surface area contributed by atoms with Crippen LogP contribution in [0.4, 0.5) is 5.69 Å². The molecule has 8 heteroatoms. The van der Waals surface area contributed by atoms with Crippen LogP contribution in [0.1, 0.15) is 13.3 Å². The lowest BCUT2D eigenvalue weighted by Crippen LogP contribution is -2.37.